The molecule has 3 heterocycles. The lowest BCUT2D eigenvalue weighted by Crippen LogP contribution is -2.23. The Morgan fingerprint density at radius 2 is 1.89 bits per heavy atom. The van der Waals surface area contributed by atoms with Gasteiger partial charge in [0.05, 0.1) is 11.7 Å². The molecule has 0 saturated carbocycles. The van der Waals surface area contributed by atoms with Crippen molar-refractivity contribution in [2.24, 2.45) is 0 Å². The van der Waals surface area contributed by atoms with Crippen LogP contribution in [-0.4, -0.2) is 26.0 Å². The van der Waals surface area contributed by atoms with Gasteiger partial charge in [0.2, 0.25) is 0 Å². The summed E-state index contributed by atoms with van der Waals surface area (Å²) in [6.45, 7) is 2.95. The quantitative estimate of drug-likeness (QED) is 0.628. The molecule has 1 aromatic carbocycles. The molecule has 1 aliphatic rings. The number of alkyl halides is 3. The molecule has 0 spiro atoms. The maximum atomic E-state index is 13.4. The molecular weight excluding hydrogens is 360 g/mol. The highest BCUT2D eigenvalue weighted by Gasteiger charge is 2.36. The van der Waals surface area contributed by atoms with Crippen LogP contribution in [0, 0.1) is 12.7 Å². The zero-order valence-corrected chi connectivity index (χ0v) is 14.7. The molecule has 1 atom stereocenters. The van der Waals surface area contributed by atoms with Crippen molar-refractivity contribution >= 4 is 5.65 Å². The first-order chi connectivity index (χ1) is 12.8. The van der Waals surface area contributed by atoms with Gasteiger partial charge in [0.15, 0.2) is 5.65 Å². The Kier molecular flexibility index (Phi) is 4.38. The molecule has 1 unspecified atom stereocenters. The molecule has 27 heavy (non-hydrogen) atoms. The minimum absolute atomic E-state index is 0.0851. The van der Waals surface area contributed by atoms with E-state index in [1.165, 1.54) is 12.1 Å². The van der Waals surface area contributed by atoms with Crippen LogP contribution in [0.4, 0.5) is 17.6 Å². The van der Waals surface area contributed by atoms with Crippen LogP contribution in [0.15, 0.2) is 36.4 Å². The first-order valence-electron chi connectivity index (χ1n) is 8.74. The predicted octanol–water partition coefficient (Wildman–Crippen LogP) is 4.53. The number of benzene rings is 1. The van der Waals surface area contributed by atoms with E-state index in [1.54, 1.807) is 25.1 Å². The Labute approximate surface area is 153 Å². The summed E-state index contributed by atoms with van der Waals surface area (Å²) in [6, 6.07) is 8.83. The highest BCUT2D eigenvalue weighted by Crippen LogP contribution is 2.35. The first-order valence-corrected chi connectivity index (χ1v) is 8.74. The molecule has 0 N–H and O–H groups in total. The Morgan fingerprint density at radius 1 is 1.15 bits per heavy atom. The highest BCUT2D eigenvalue weighted by molar-refractivity contribution is 5.43. The van der Waals surface area contributed by atoms with E-state index in [-0.39, 0.29) is 17.5 Å². The standard InChI is InChI=1S/C19H18F4N4/c1-12-9-17(19(21,22)23)27-18(24-12)10-15(25-27)16-3-2-8-26(16)11-13-4-6-14(20)7-5-13/h4-7,9-10,16H,2-3,8,11H2,1H3. The summed E-state index contributed by atoms with van der Waals surface area (Å²) in [5.74, 6) is -0.293. The summed E-state index contributed by atoms with van der Waals surface area (Å²) in [7, 11) is 0. The van der Waals surface area contributed by atoms with Crippen LogP contribution in [0.5, 0.6) is 0 Å². The van der Waals surface area contributed by atoms with E-state index in [0.717, 1.165) is 35.5 Å². The van der Waals surface area contributed by atoms with Crippen molar-refractivity contribution in [3.8, 4) is 0 Å². The van der Waals surface area contributed by atoms with Crippen molar-refractivity contribution < 1.29 is 17.6 Å². The van der Waals surface area contributed by atoms with E-state index >= 15 is 0 Å². The third-order valence-electron chi connectivity index (χ3n) is 4.87. The van der Waals surface area contributed by atoms with Crippen molar-refractivity contribution in [2.45, 2.75) is 38.5 Å². The zero-order valence-electron chi connectivity index (χ0n) is 14.7. The second-order valence-electron chi connectivity index (χ2n) is 6.87. The SMILES string of the molecule is Cc1cc(C(F)(F)F)n2nc(C3CCCN3Cc3ccc(F)cc3)cc2n1. The lowest BCUT2D eigenvalue weighted by Gasteiger charge is -2.23. The van der Waals surface area contributed by atoms with E-state index in [9.17, 15) is 17.6 Å². The smallest absolute Gasteiger partial charge is 0.290 e. The van der Waals surface area contributed by atoms with Crippen molar-refractivity contribution in [2.75, 3.05) is 6.54 Å². The van der Waals surface area contributed by atoms with Crippen molar-refractivity contribution in [3.05, 3.63) is 64.9 Å². The number of aromatic nitrogens is 3. The number of hydrogen-bond donors (Lipinski definition) is 0. The normalized spacial score (nSPS) is 18.5. The maximum absolute atomic E-state index is 13.4. The largest absolute Gasteiger partial charge is 0.433 e. The van der Waals surface area contributed by atoms with Crippen molar-refractivity contribution in [1.82, 2.24) is 19.5 Å². The number of aryl methyl sites for hydroxylation is 1. The van der Waals surface area contributed by atoms with Gasteiger partial charge >= 0.3 is 6.18 Å². The van der Waals surface area contributed by atoms with Gasteiger partial charge in [-0.05, 0) is 50.1 Å². The highest BCUT2D eigenvalue weighted by atomic mass is 19.4. The number of likely N-dealkylation sites (tertiary alicyclic amines) is 1. The number of nitrogens with zero attached hydrogens (tertiary/aromatic N) is 4. The van der Waals surface area contributed by atoms with Crippen LogP contribution < -0.4 is 0 Å². The van der Waals surface area contributed by atoms with Gasteiger partial charge in [-0.1, -0.05) is 12.1 Å². The molecular formula is C19H18F4N4. The molecule has 0 bridgehead atoms. The van der Waals surface area contributed by atoms with Gasteiger partial charge in [-0.2, -0.15) is 18.3 Å². The van der Waals surface area contributed by atoms with Gasteiger partial charge in [-0.15, -0.1) is 0 Å². The molecule has 142 valence electrons. The molecule has 4 rings (SSSR count). The fourth-order valence-electron chi connectivity index (χ4n) is 3.66. The van der Waals surface area contributed by atoms with Crippen molar-refractivity contribution in [1.29, 1.82) is 0 Å². The van der Waals surface area contributed by atoms with Crippen LogP contribution in [-0.2, 0) is 12.7 Å². The summed E-state index contributed by atoms with van der Waals surface area (Å²) in [6.07, 6.45) is -2.76. The second kappa shape index (κ2) is 6.60. The molecule has 0 aliphatic carbocycles. The minimum Gasteiger partial charge on any atom is -0.290 e. The summed E-state index contributed by atoms with van der Waals surface area (Å²) in [4.78, 5) is 6.36. The van der Waals surface area contributed by atoms with E-state index in [4.69, 9.17) is 0 Å². The number of rotatable bonds is 3. The molecule has 2 aromatic heterocycles. The topological polar surface area (TPSA) is 33.4 Å². The first kappa shape index (κ1) is 17.9. The molecule has 1 aliphatic heterocycles. The molecule has 1 saturated heterocycles. The maximum Gasteiger partial charge on any atom is 0.433 e. The Balaban J connectivity index is 1.67. The van der Waals surface area contributed by atoms with Crippen LogP contribution in [0.25, 0.3) is 5.65 Å². The number of fused-ring (bicyclic) bond motifs is 1. The van der Waals surface area contributed by atoms with E-state index in [2.05, 4.69) is 15.0 Å². The van der Waals surface area contributed by atoms with Crippen molar-refractivity contribution in [3.63, 3.8) is 0 Å². The molecule has 3 aromatic rings. The molecule has 0 amide bonds. The average molecular weight is 378 g/mol. The molecule has 8 heteroatoms. The van der Waals surface area contributed by atoms with E-state index < -0.39 is 11.9 Å². The van der Waals surface area contributed by atoms with Gasteiger partial charge in [0.1, 0.15) is 11.5 Å². The van der Waals surface area contributed by atoms with Gasteiger partial charge in [0, 0.05) is 18.3 Å². The van der Waals surface area contributed by atoms with Gasteiger partial charge in [-0.3, -0.25) is 4.90 Å². The summed E-state index contributed by atoms with van der Waals surface area (Å²) < 4.78 is 54.0. The molecule has 4 nitrogen and oxygen atoms in total. The Hall–Kier alpha value is -2.48. The molecule has 0 radical (unpaired) electrons. The number of halogens is 4. The average Bonchev–Trinajstić information content (AvgIpc) is 3.21. The zero-order chi connectivity index (χ0) is 19.2. The summed E-state index contributed by atoms with van der Waals surface area (Å²) in [5, 5.41) is 4.24. The van der Waals surface area contributed by atoms with Gasteiger partial charge < -0.3 is 0 Å². The fourth-order valence-corrected chi connectivity index (χ4v) is 3.66. The van der Waals surface area contributed by atoms with Crippen LogP contribution >= 0.6 is 0 Å². The van der Waals surface area contributed by atoms with Crippen LogP contribution in [0.1, 0.15) is 41.5 Å². The number of hydrogen-bond acceptors (Lipinski definition) is 3. The molecule has 1 fully saturated rings. The van der Waals surface area contributed by atoms with Gasteiger partial charge in [0.25, 0.3) is 0 Å². The third-order valence-corrected chi connectivity index (χ3v) is 4.87. The Morgan fingerprint density at radius 3 is 2.59 bits per heavy atom. The summed E-state index contributed by atoms with van der Waals surface area (Å²) in [5.41, 5.74) is 1.22. The van der Waals surface area contributed by atoms with Gasteiger partial charge in [-0.25, -0.2) is 13.9 Å². The fraction of sp³-hybridized carbons (Fsp3) is 0.368. The minimum atomic E-state index is -4.50. The van der Waals surface area contributed by atoms with E-state index in [0.29, 0.717) is 17.9 Å². The second-order valence-corrected chi connectivity index (χ2v) is 6.87. The lowest BCUT2D eigenvalue weighted by molar-refractivity contribution is -0.142. The Bertz CT molecular complexity index is 962. The van der Waals surface area contributed by atoms with Crippen LogP contribution in [0.3, 0.4) is 0 Å². The summed E-state index contributed by atoms with van der Waals surface area (Å²) >= 11 is 0. The third kappa shape index (κ3) is 3.53. The monoisotopic (exact) mass is 378 g/mol. The predicted molar refractivity (Wildman–Crippen MR) is 91.5 cm³/mol. The van der Waals surface area contributed by atoms with E-state index in [1.807, 2.05) is 0 Å². The van der Waals surface area contributed by atoms with Crippen LogP contribution in [0.2, 0.25) is 0 Å². The lowest BCUT2D eigenvalue weighted by atomic mass is 10.1.